The van der Waals surface area contributed by atoms with Crippen molar-refractivity contribution in [3.8, 4) is 0 Å². The third-order valence-corrected chi connectivity index (χ3v) is 1.94. The van der Waals surface area contributed by atoms with Crippen LogP contribution >= 0.6 is 11.6 Å². The lowest BCUT2D eigenvalue weighted by Gasteiger charge is -2.04. The monoisotopic (exact) mass is 230 g/mol. The molecule has 0 radical (unpaired) electrons. The van der Waals surface area contributed by atoms with Crippen LogP contribution in [0.15, 0.2) is 12.1 Å². The predicted molar refractivity (Wildman–Crippen MR) is 53.9 cm³/mol. The number of carbonyl (C=O) groups is 1. The normalized spacial score (nSPS) is 9.73. The molecule has 0 saturated heterocycles. The lowest BCUT2D eigenvalue weighted by atomic mass is 10.1. The Bertz CT molecular complexity index is 433. The summed E-state index contributed by atoms with van der Waals surface area (Å²) in [6, 6.07) is 2.29. The van der Waals surface area contributed by atoms with Gasteiger partial charge < -0.3 is 10.5 Å². The van der Waals surface area contributed by atoms with Crippen molar-refractivity contribution in [1.82, 2.24) is 0 Å². The van der Waals surface area contributed by atoms with Crippen molar-refractivity contribution in [2.24, 2.45) is 0 Å². The van der Waals surface area contributed by atoms with Gasteiger partial charge in [0.2, 0.25) is 0 Å². The first-order valence-corrected chi connectivity index (χ1v) is 4.17. The number of esters is 1. The predicted octanol–water partition coefficient (Wildman–Crippen LogP) is 1.62. The number of nitrogens with two attached hydrogens (primary N) is 1. The maximum atomic E-state index is 11.2. The zero-order valence-electron chi connectivity index (χ0n) is 7.69. The van der Waals surface area contributed by atoms with Crippen LogP contribution in [-0.4, -0.2) is 18.0 Å². The Morgan fingerprint density at radius 3 is 2.67 bits per heavy atom. The van der Waals surface area contributed by atoms with Crippen molar-refractivity contribution in [3.05, 3.63) is 32.8 Å². The molecule has 0 heterocycles. The Balaban J connectivity index is 3.41. The van der Waals surface area contributed by atoms with Crippen LogP contribution in [0.5, 0.6) is 0 Å². The van der Waals surface area contributed by atoms with Crippen LogP contribution in [-0.2, 0) is 4.74 Å². The van der Waals surface area contributed by atoms with Gasteiger partial charge >= 0.3 is 5.97 Å². The summed E-state index contributed by atoms with van der Waals surface area (Å²) < 4.78 is 4.41. The summed E-state index contributed by atoms with van der Waals surface area (Å²) in [5.74, 6) is -0.766. The lowest BCUT2D eigenvalue weighted by molar-refractivity contribution is -0.383. The molecule has 0 bridgehead atoms. The van der Waals surface area contributed by atoms with E-state index < -0.39 is 16.6 Å². The zero-order chi connectivity index (χ0) is 11.6. The van der Waals surface area contributed by atoms with Gasteiger partial charge in [0, 0.05) is 11.1 Å². The Morgan fingerprint density at radius 2 is 2.20 bits per heavy atom. The average molecular weight is 231 g/mol. The second-order valence-corrected chi connectivity index (χ2v) is 3.07. The largest absolute Gasteiger partial charge is 0.465 e. The molecule has 0 fully saturated rings. The van der Waals surface area contributed by atoms with Gasteiger partial charge in [-0.3, -0.25) is 10.1 Å². The molecule has 7 heteroatoms. The van der Waals surface area contributed by atoms with Crippen molar-refractivity contribution in [2.75, 3.05) is 12.8 Å². The molecule has 6 nitrogen and oxygen atoms in total. The second-order valence-electron chi connectivity index (χ2n) is 2.63. The Morgan fingerprint density at radius 1 is 1.60 bits per heavy atom. The molecule has 0 atom stereocenters. The van der Waals surface area contributed by atoms with Crippen LogP contribution in [0, 0.1) is 10.1 Å². The molecule has 0 spiro atoms. The third kappa shape index (κ3) is 2.16. The number of rotatable bonds is 2. The number of methoxy groups -OCH3 is 1. The van der Waals surface area contributed by atoms with Gasteiger partial charge in [-0.25, -0.2) is 4.79 Å². The maximum Gasteiger partial charge on any atom is 0.340 e. The van der Waals surface area contributed by atoms with Crippen LogP contribution in [0.3, 0.4) is 0 Å². The number of nitro benzene ring substituents is 1. The van der Waals surface area contributed by atoms with Gasteiger partial charge in [-0.1, -0.05) is 11.6 Å². The van der Waals surface area contributed by atoms with E-state index in [2.05, 4.69) is 4.74 Å². The minimum Gasteiger partial charge on any atom is -0.465 e. The quantitative estimate of drug-likeness (QED) is 0.360. The molecule has 0 aliphatic heterocycles. The highest BCUT2D eigenvalue weighted by Gasteiger charge is 2.21. The maximum absolute atomic E-state index is 11.2. The van der Waals surface area contributed by atoms with Crippen LogP contribution in [0.4, 0.5) is 11.4 Å². The van der Waals surface area contributed by atoms with E-state index in [1.165, 1.54) is 6.07 Å². The van der Waals surface area contributed by atoms with Gasteiger partial charge in [-0.2, -0.15) is 0 Å². The van der Waals surface area contributed by atoms with E-state index in [1.54, 1.807) is 0 Å². The molecule has 15 heavy (non-hydrogen) atoms. The number of anilines is 1. The lowest BCUT2D eigenvalue weighted by Crippen LogP contribution is -2.07. The van der Waals surface area contributed by atoms with Crippen LogP contribution in [0.1, 0.15) is 10.4 Å². The smallest absolute Gasteiger partial charge is 0.340 e. The fourth-order valence-corrected chi connectivity index (χ4v) is 1.25. The van der Waals surface area contributed by atoms with E-state index in [0.29, 0.717) is 0 Å². The summed E-state index contributed by atoms with van der Waals surface area (Å²) in [6.45, 7) is 0. The Hall–Kier alpha value is -1.82. The zero-order valence-corrected chi connectivity index (χ0v) is 8.45. The average Bonchev–Trinajstić information content (AvgIpc) is 2.19. The van der Waals surface area contributed by atoms with E-state index >= 15 is 0 Å². The molecule has 0 aliphatic rings. The first kappa shape index (κ1) is 11.3. The molecule has 0 amide bonds. The highest BCUT2D eigenvalue weighted by atomic mass is 35.5. The Labute approximate surface area is 89.7 Å². The molecule has 80 valence electrons. The number of ether oxygens (including phenoxy) is 1. The molecular weight excluding hydrogens is 224 g/mol. The minimum absolute atomic E-state index is 0.0521. The first-order chi connectivity index (χ1) is 6.97. The molecule has 2 N–H and O–H groups in total. The third-order valence-electron chi connectivity index (χ3n) is 1.72. The highest BCUT2D eigenvalue weighted by molar-refractivity contribution is 6.31. The van der Waals surface area contributed by atoms with Crippen LogP contribution < -0.4 is 5.73 Å². The standard InChI is InChI=1S/C8H7ClN2O4/c1-15-8(12)5-2-4(9)3-6(7(5)10)11(13)14/h2-3H,10H2,1H3. The van der Waals surface area contributed by atoms with Gasteiger partial charge in [-0.05, 0) is 6.07 Å². The number of carbonyl (C=O) groups excluding carboxylic acids is 1. The summed E-state index contributed by atoms with van der Waals surface area (Å²) in [7, 11) is 1.15. The van der Waals surface area contributed by atoms with E-state index in [4.69, 9.17) is 17.3 Å². The van der Waals surface area contributed by atoms with E-state index in [-0.39, 0.29) is 16.3 Å². The molecule has 1 aromatic carbocycles. The molecule has 1 aromatic rings. The molecular formula is C8H7ClN2O4. The molecule has 0 aromatic heterocycles. The number of hydrogen-bond acceptors (Lipinski definition) is 5. The SMILES string of the molecule is COC(=O)c1cc(Cl)cc([N+](=O)[O-])c1N. The van der Waals surface area contributed by atoms with Gasteiger partial charge in [0.15, 0.2) is 0 Å². The van der Waals surface area contributed by atoms with Crippen molar-refractivity contribution >= 4 is 28.9 Å². The topological polar surface area (TPSA) is 95.5 Å². The number of hydrogen-bond donors (Lipinski definition) is 1. The molecule has 1 rings (SSSR count). The fourth-order valence-electron chi connectivity index (χ4n) is 1.03. The number of nitro groups is 1. The van der Waals surface area contributed by atoms with E-state index in [9.17, 15) is 14.9 Å². The minimum atomic E-state index is -0.766. The highest BCUT2D eigenvalue weighted by Crippen LogP contribution is 2.29. The number of halogens is 1. The van der Waals surface area contributed by atoms with Crippen LogP contribution in [0.2, 0.25) is 5.02 Å². The van der Waals surface area contributed by atoms with E-state index in [1.807, 2.05) is 0 Å². The summed E-state index contributed by atoms with van der Waals surface area (Å²) >= 11 is 5.60. The number of benzene rings is 1. The van der Waals surface area contributed by atoms with Crippen LogP contribution in [0.25, 0.3) is 0 Å². The molecule has 0 unspecified atom stereocenters. The first-order valence-electron chi connectivity index (χ1n) is 3.79. The van der Waals surface area contributed by atoms with Crippen molar-refractivity contribution in [1.29, 1.82) is 0 Å². The van der Waals surface area contributed by atoms with Gasteiger partial charge in [-0.15, -0.1) is 0 Å². The van der Waals surface area contributed by atoms with Gasteiger partial charge in [0.05, 0.1) is 17.6 Å². The Kier molecular flexibility index (Phi) is 3.11. The number of nitrogens with zero attached hydrogens (tertiary/aromatic N) is 1. The van der Waals surface area contributed by atoms with Gasteiger partial charge in [0.25, 0.3) is 5.69 Å². The summed E-state index contributed by atoms with van der Waals surface area (Å²) in [6.07, 6.45) is 0. The van der Waals surface area contributed by atoms with E-state index in [0.717, 1.165) is 13.2 Å². The summed E-state index contributed by atoms with van der Waals surface area (Å²) in [5.41, 5.74) is 4.65. The van der Waals surface area contributed by atoms with Gasteiger partial charge in [0.1, 0.15) is 5.69 Å². The molecule has 0 saturated carbocycles. The number of nitrogen functional groups attached to an aromatic ring is 1. The summed E-state index contributed by atoms with van der Waals surface area (Å²) in [4.78, 5) is 21.0. The van der Waals surface area contributed by atoms with Crippen molar-refractivity contribution < 1.29 is 14.5 Å². The fraction of sp³-hybridized carbons (Fsp3) is 0.125. The molecule has 0 aliphatic carbocycles. The second kappa shape index (κ2) is 4.14. The van der Waals surface area contributed by atoms with Crippen molar-refractivity contribution in [3.63, 3.8) is 0 Å². The summed E-state index contributed by atoms with van der Waals surface area (Å²) in [5, 5.41) is 10.6. The van der Waals surface area contributed by atoms with Crippen molar-refractivity contribution in [2.45, 2.75) is 0 Å².